The Morgan fingerprint density at radius 2 is 2.05 bits per heavy atom. The highest BCUT2D eigenvalue weighted by atomic mass is 35.5. The fraction of sp³-hybridized carbons (Fsp3) is 0.273. The number of carbonyl (C=O) groups is 1. The van der Waals surface area contributed by atoms with Gasteiger partial charge in [-0.1, -0.05) is 11.6 Å². The zero-order chi connectivity index (χ0) is 14.3. The van der Waals surface area contributed by atoms with Crippen LogP contribution >= 0.6 is 11.6 Å². The highest BCUT2D eigenvalue weighted by Gasteiger charge is 2.09. The Bertz CT molecular complexity index is 452. The first-order valence-corrected chi connectivity index (χ1v) is 5.62. The van der Waals surface area contributed by atoms with Crippen LogP contribution in [0.25, 0.3) is 0 Å². The van der Waals surface area contributed by atoms with Gasteiger partial charge in [0.1, 0.15) is 5.75 Å². The zero-order valence-corrected chi connectivity index (χ0v) is 10.7. The van der Waals surface area contributed by atoms with Gasteiger partial charge in [0, 0.05) is 0 Å². The number of carbonyl (C=O) groups excluding carboxylic acids is 1. The summed E-state index contributed by atoms with van der Waals surface area (Å²) >= 11 is 5.55. The van der Waals surface area contributed by atoms with Crippen LogP contribution in [0.1, 0.15) is 6.92 Å². The first-order valence-electron chi connectivity index (χ1n) is 5.24. The molecule has 8 heteroatoms. The predicted molar refractivity (Wildman–Crippen MR) is 66.6 cm³/mol. The topological polar surface area (TPSA) is 59.9 Å². The Hall–Kier alpha value is -1.89. The highest BCUT2D eigenvalue weighted by Crippen LogP contribution is 2.17. The Balaban J connectivity index is 2.58. The molecule has 0 heterocycles. The van der Waals surface area contributed by atoms with E-state index < -0.39 is 12.6 Å². The smallest absolute Gasteiger partial charge is 0.387 e. The molecule has 1 rings (SSSR count). The standard InChI is InChI=1S/C11H11ClF2N2O3/c1-2-18-10(17)9(12)16-15-7-3-5-8(6-4-7)19-11(13)14/h3-6,11,15H,2H2,1H3/b16-9+. The van der Waals surface area contributed by atoms with Gasteiger partial charge in [-0.3, -0.25) is 5.43 Å². The van der Waals surface area contributed by atoms with Gasteiger partial charge in [0.15, 0.2) is 0 Å². The van der Waals surface area contributed by atoms with E-state index in [1.54, 1.807) is 6.92 Å². The number of hydrogen-bond donors (Lipinski definition) is 1. The first kappa shape index (κ1) is 15.2. The third kappa shape index (κ3) is 5.52. The number of benzene rings is 1. The predicted octanol–water partition coefficient (Wildman–Crippen LogP) is 2.82. The molecule has 0 saturated heterocycles. The van der Waals surface area contributed by atoms with Gasteiger partial charge >= 0.3 is 12.6 Å². The summed E-state index contributed by atoms with van der Waals surface area (Å²) in [5.74, 6) is -0.740. The second kappa shape index (κ2) is 7.52. The van der Waals surface area contributed by atoms with E-state index in [2.05, 4.69) is 20.0 Å². The molecule has 0 aliphatic heterocycles. The minimum atomic E-state index is -2.88. The molecule has 0 fully saturated rings. The normalized spacial score (nSPS) is 11.3. The van der Waals surface area contributed by atoms with Crippen molar-refractivity contribution in [1.82, 2.24) is 0 Å². The minimum Gasteiger partial charge on any atom is -0.461 e. The molecule has 0 saturated carbocycles. The number of hydrazone groups is 1. The molecule has 0 unspecified atom stereocenters. The molecular formula is C11H11ClF2N2O3. The molecule has 0 aromatic heterocycles. The average molecular weight is 293 g/mol. The van der Waals surface area contributed by atoms with E-state index in [0.29, 0.717) is 5.69 Å². The molecule has 0 spiro atoms. The van der Waals surface area contributed by atoms with Gasteiger partial charge in [0.05, 0.1) is 12.3 Å². The van der Waals surface area contributed by atoms with Crippen molar-refractivity contribution in [3.8, 4) is 5.75 Å². The lowest BCUT2D eigenvalue weighted by Gasteiger charge is -2.05. The third-order valence-electron chi connectivity index (χ3n) is 1.81. The van der Waals surface area contributed by atoms with E-state index in [1.165, 1.54) is 24.3 Å². The van der Waals surface area contributed by atoms with Crippen molar-refractivity contribution in [1.29, 1.82) is 0 Å². The molecule has 1 N–H and O–H groups in total. The number of rotatable bonds is 6. The summed E-state index contributed by atoms with van der Waals surface area (Å²) in [6.45, 7) is -1.06. The summed E-state index contributed by atoms with van der Waals surface area (Å²) in [4.78, 5) is 11.1. The summed E-state index contributed by atoms with van der Waals surface area (Å²) in [7, 11) is 0. The van der Waals surface area contributed by atoms with Crippen LogP contribution in [0.15, 0.2) is 29.4 Å². The molecule has 0 bridgehead atoms. The van der Waals surface area contributed by atoms with Gasteiger partial charge in [-0.05, 0) is 31.2 Å². The van der Waals surface area contributed by atoms with Crippen LogP contribution in [-0.2, 0) is 9.53 Å². The number of ether oxygens (including phenoxy) is 2. The van der Waals surface area contributed by atoms with Crippen molar-refractivity contribution in [3.63, 3.8) is 0 Å². The van der Waals surface area contributed by atoms with Crippen molar-refractivity contribution in [2.45, 2.75) is 13.5 Å². The lowest BCUT2D eigenvalue weighted by molar-refractivity contribution is -0.134. The maximum atomic E-state index is 11.9. The highest BCUT2D eigenvalue weighted by molar-refractivity contribution is 6.82. The summed E-state index contributed by atoms with van der Waals surface area (Å²) < 4.78 is 32.6. The van der Waals surface area contributed by atoms with Gasteiger partial charge in [-0.15, -0.1) is 0 Å². The fourth-order valence-electron chi connectivity index (χ4n) is 1.06. The van der Waals surface area contributed by atoms with Crippen molar-refractivity contribution in [2.75, 3.05) is 12.0 Å². The van der Waals surface area contributed by atoms with E-state index in [0.717, 1.165) is 0 Å². The lowest BCUT2D eigenvalue weighted by Crippen LogP contribution is -2.13. The van der Waals surface area contributed by atoms with E-state index in [1.807, 2.05) is 0 Å². The number of nitrogens with one attached hydrogen (secondary N) is 1. The SMILES string of the molecule is CCOC(=O)/C(Cl)=N\Nc1ccc(OC(F)F)cc1. The van der Waals surface area contributed by atoms with Crippen LogP contribution in [0, 0.1) is 0 Å². The van der Waals surface area contributed by atoms with E-state index in [-0.39, 0.29) is 17.5 Å². The van der Waals surface area contributed by atoms with Crippen molar-refractivity contribution < 1.29 is 23.0 Å². The summed E-state index contributed by atoms with van der Waals surface area (Å²) in [6, 6.07) is 5.53. The second-order valence-electron chi connectivity index (χ2n) is 3.14. The molecular weight excluding hydrogens is 282 g/mol. The van der Waals surface area contributed by atoms with Gasteiger partial charge < -0.3 is 9.47 Å². The summed E-state index contributed by atoms with van der Waals surface area (Å²) in [6.07, 6.45) is 0. The van der Waals surface area contributed by atoms with E-state index in [9.17, 15) is 13.6 Å². The van der Waals surface area contributed by atoms with Crippen LogP contribution in [0.5, 0.6) is 5.75 Å². The molecule has 19 heavy (non-hydrogen) atoms. The molecule has 104 valence electrons. The van der Waals surface area contributed by atoms with Crippen LogP contribution in [-0.4, -0.2) is 24.4 Å². The Morgan fingerprint density at radius 3 is 2.58 bits per heavy atom. The quantitative estimate of drug-likeness (QED) is 0.497. The summed E-state index contributed by atoms with van der Waals surface area (Å²) in [5, 5.41) is 3.21. The lowest BCUT2D eigenvalue weighted by atomic mass is 10.3. The van der Waals surface area contributed by atoms with Crippen LogP contribution < -0.4 is 10.2 Å². The van der Waals surface area contributed by atoms with Crippen LogP contribution in [0.2, 0.25) is 0 Å². The molecule has 1 aromatic rings. The second-order valence-corrected chi connectivity index (χ2v) is 3.50. The van der Waals surface area contributed by atoms with Crippen LogP contribution in [0.4, 0.5) is 14.5 Å². The van der Waals surface area contributed by atoms with Gasteiger partial charge in [-0.2, -0.15) is 13.9 Å². The molecule has 0 amide bonds. The van der Waals surface area contributed by atoms with Gasteiger partial charge in [0.25, 0.3) is 0 Å². The largest absolute Gasteiger partial charge is 0.461 e. The third-order valence-corrected chi connectivity index (χ3v) is 2.05. The summed E-state index contributed by atoms with van der Waals surface area (Å²) in [5.41, 5.74) is 2.92. The Morgan fingerprint density at radius 1 is 1.42 bits per heavy atom. The maximum absolute atomic E-state index is 11.9. The monoisotopic (exact) mass is 292 g/mol. The van der Waals surface area contributed by atoms with Crippen molar-refractivity contribution >= 4 is 28.4 Å². The number of esters is 1. The first-order chi connectivity index (χ1) is 9.02. The van der Waals surface area contributed by atoms with Crippen molar-refractivity contribution in [3.05, 3.63) is 24.3 Å². The number of nitrogens with zero attached hydrogens (tertiary/aromatic N) is 1. The molecule has 0 aliphatic carbocycles. The molecule has 0 aliphatic rings. The van der Waals surface area contributed by atoms with Gasteiger partial charge in [-0.25, -0.2) is 4.79 Å². The van der Waals surface area contributed by atoms with Crippen LogP contribution in [0.3, 0.4) is 0 Å². The number of halogens is 3. The van der Waals surface area contributed by atoms with Crippen molar-refractivity contribution in [2.24, 2.45) is 5.10 Å². The zero-order valence-electron chi connectivity index (χ0n) is 9.90. The number of anilines is 1. The van der Waals surface area contributed by atoms with E-state index >= 15 is 0 Å². The fourth-order valence-corrected chi connectivity index (χ4v) is 1.16. The Kier molecular flexibility index (Phi) is 6.01. The number of alkyl halides is 2. The van der Waals surface area contributed by atoms with Gasteiger partial charge in [0.2, 0.25) is 5.17 Å². The minimum absolute atomic E-state index is 0.0148. The average Bonchev–Trinajstić information content (AvgIpc) is 2.37. The molecule has 0 radical (unpaired) electrons. The Labute approximate surface area is 113 Å². The van der Waals surface area contributed by atoms with E-state index in [4.69, 9.17) is 11.6 Å². The molecule has 5 nitrogen and oxygen atoms in total. The molecule has 1 aromatic carbocycles. The number of hydrogen-bond acceptors (Lipinski definition) is 5. The maximum Gasteiger partial charge on any atom is 0.387 e. The molecule has 0 atom stereocenters.